The van der Waals surface area contributed by atoms with Crippen LogP contribution in [0.5, 0.6) is 0 Å². The van der Waals surface area contributed by atoms with E-state index in [4.69, 9.17) is 0 Å². The Kier molecular flexibility index (Phi) is 3.69. The second kappa shape index (κ2) is 5.07. The second-order valence-corrected chi connectivity index (χ2v) is 5.70. The molecule has 17 heavy (non-hydrogen) atoms. The van der Waals surface area contributed by atoms with Gasteiger partial charge in [-0.05, 0) is 32.6 Å². The Morgan fingerprint density at radius 1 is 1.71 bits per heavy atom. The minimum atomic E-state index is -0.425. The Morgan fingerprint density at radius 3 is 2.94 bits per heavy atom. The monoisotopic (exact) mass is 251 g/mol. The first-order valence-corrected chi connectivity index (χ1v) is 6.82. The topological polar surface area (TPSA) is 77.4 Å². The lowest BCUT2D eigenvalue weighted by Crippen LogP contribution is -2.51. The van der Waals surface area contributed by atoms with Gasteiger partial charge in [-0.2, -0.15) is 10.4 Å². The molecule has 1 aromatic rings. The molecule has 1 fully saturated rings. The van der Waals surface area contributed by atoms with Crippen LogP contribution in [0, 0.1) is 17.2 Å². The first-order chi connectivity index (χ1) is 8.16. The summed E-state index contributed by atoms with van der Waals surface area (Å²) < 4.78 is 0. The minimum absolute atomic E-state index is 0.311. The molecule has 1 unspecified atom stereocenters. The molecule has 0 aliphatic heterocycles. The number of hydrogen-bond donors (Lipinski definition) is 2. The van der Waals surface area contributed by atoms with Crippen LogP contribution in [0.25, 0.3) is 0 Å². The van der Waals surface area contributed by atoms with E-state index in [9.17, 15) is 5.26 Å². The predicted octanol–water partition coefficient (Wildman–Crippen LogP) is 1.57. The number of hydrogen-bond acceptors (Lipinski definition) is 5. The van der Waals surface area contributed by atoms with Crippen molar-refractivity contribution in [1.82, 2.24) is 20.5 Å². The van der Waals surface area contributed by atoms with Crippen molar-refractivity contribution in [1.29, 1.82) is 5.26 Å². The van der Waals surface area contributed by atoms with Gasteiger partial charge in [0, 0.05) is 11.8 Å². The van der Waals surface area contributed by atoms with Crippen molar-refractivity contribution >= 4 is 11.8 Å². The molecule has 0 spiro atoms. The second-order valence-electron chi connectivity index (χ2n) is 4.74. The molecule has 0 bridgehead atoms. The maximum Gasteiger partial charge on any atom is 0.183 e. The van der Waals surface area contributed by atoms with Gasteiger partial charge in [-0.25, -0.2) is 4.98 Å². The summed E-state index contributed by atoms with van der Waals surface area (Å²) in [4.78, 5) is 4.07. The van der Waals surface area contributed by atoms with Gasteiger partial charge in [0.25, 0.3) is 0 Å². The summed E-state index contributed by atoms with van der Waals surface area (Å²) in [7, 11) is 0. The molecule has 0 aromatic carbocycles. The third-order valence-corrected chi connectivity index (χ3v) is 3.92. The summed E-state index contributed by atoms with van der Waals surface area (Å²) >= 11 is 1.55. The van der Waals surface area contributed by atoms with Gasteiger partial charge in [0.2, 0.25) is 0 Å². The van der Waals surface area contributed by atoms with Crippen molar-refractivity contribution in [2.75, 3.05) is 5.75 Å². The minimum Gasteiger partial charge on any atom is -0.296 e. The zero-order chi connectivity index (χ0) is 12.3. The number of aromatic amines is 1. The van der Waals surface area contributed by atoms with E-state index in [-0.39, 0.29) is 0 Å². The van der Waals surface area contributed by atoms with Crippen LogP contribution in [0.15, 0.2) is 11.5 Å². The number of rotatable bonds is 6. The third-order valence-electron chi connectivity index (χ3n) is 2.85. The Balaban J connectivity index is 2.02. The van der Waals surface area contributed by atoms with Crippen LogP contribution >= 0.6 is 11.8 Å². The molecule has 1 atom stereocenters. The molecule has 0 amide bonds. The van der Waals surface area contributed by atoms with E-state index in [0.29, 0.717) is 17.7 Å². The van der Waals surface area contributed by atoms with Gasteiger partial charge in [-0.3, -0.25) is 10.4 Å². The lowest BCUT2D eigenvalue weighted by atomic mass is 9.96. The molecule has 0 saturated heterocycles. The highest BCUT2D eigenvalue weighted by Gasteiger charge is 2.46. The van der Waals surface area contributed by atoms with Crippen molar-refractivity contribution in [3.05, 3.63) is 6.33 Å². The maximum absolute atomic E-state index is 9.49. The van der Waals surface area contributed by atoms with Crippen LogP contribution in [-0.2, 0) is 0 Å². The lowest BCUT2D eigenvalue weighted by molar-refractivity contribution is 0.370. The Labute approximate surface area is 105 Å². The van der Waals surface area contributed by atoms with E-state index in [1.165, 1.54) is 6.33 Å². The van der Waals surface area contributed by atoms with Crippen LogP contribution in [-0.4, -0.2) is 32.5 Å². The van der Waals surface area contributed by atoms with Gasteiger partial charge in [-0.15, -0.1) is 0 Å². The highest BCUT2D eigenvalue weighted by Crippen LogP contribution is 2.42. The molecule has 5 nitrogen and oxygen atoms in total. The molecule has 1 aliphatic carbocycles. The number of thioether (sulfide) groups is 1. The highest BCUT2D eigenvalue weighted by molar-refractivity contribution is 7.99. The fourth-order valence-electron chi connectivity index (χ4n) is 1.97. The van der Waals surface area contributed by atoms with Gasteiger partial charge in [-0.1, -0.05) is 11.8 Å². The van der Waals surface area contributed by atoms with E-state index < -0.39 is 5.54 Å². The van der Waals surface area contributed by atoms with Gasteiger partial charge in [0.1, 0.15) is 11.9 Å². The summed E-state index contributed by atoms with van der Waals surface area (Å²) in [5, 5.41) is 20.3. The van der Waals surface area contributed by atoms with Gasteiger partial charge in [0.15, 0.2) is 5.16 Å². The van der Waals surface area contributed by atoms with E-state index in [2.05, 4.69) is 40.4 Å². The molecule has 6 heteroatoms. The van der Waals surface area contributed by atoms with Crippen molar-refractivity contribution in [2.45, 2.75) is 43.4 Å². The van der Waals surface area contributed by atoms with Gasteiger partial charge >= 0.3 is 0 Å². The molecule has 1 aromatic heterocycles. The van der Waals surface area contributed by atoms with E-state index >= 15 is 0 Å². The number of H-pyrrole nitrogens is 1. The molecule has 0 radical (unpaired) electrons. The highest BCUT2D eigenvalue weighted by atomic mass is 32.2. The molecule has 1 heterocycles. The van der Waals surface area contributed by atoms with Crippen LogP contribution in [0.3, 0.4) is 0 Å². The quantitative estimate of drug-likeness (QED) is 0.750. The first kappa shape index (κ1) is 12.4. The normalized spacial score (nSPS) is 18.9. The fourth-order valence-corrected chi connectivity index (χ4v) is 2.96. The Bertz CT molecular complexity index is 392. The summed E-state index contributed by atoms with van der Waals surface area (Å²) in [5.41, 5.74) is -0.425. The van der Waals surface area contributed by atoms with Crippen LogP contribution in [0.4, 0.5) is 0 Å². The molecular weight excluding hydrogens is 234 g/mol. The average Bonchev–Trinajstić information content (AvgIpc) is 3.02. The van der Waals surface area contributed by atoms with Gasteiger partial charge < -0.3 is 0 Å². The molecule has 2 N–H and O–H groups in total. The molecule has 1 saturated carbocycles. The zero-order valence-corrected chi connectivity index (χ0v) is 10.9. The number of nitrogens with one attached hydrogen (secondary N) is 2. The van der Waals surface area contributed by atoms with Crippen molar-refractivity contribution in [3.8, 4) is 6.07 Å². The SMILES string of the molecule is CC(C)NC(C#N)(CSc1ncn[nH]1)C1CC1. The number of nitrogens with zero attached hydrogens (tertiary/aromatic N) is 3. The molecular formula is C11H17N5S. The standard InChI is InChI=1S/C11H17N5S/c1-8(2)15-11(5-12,9-3-4-9)6-17-10-13-7-14-16-10/h7-9,15H,3-4,6H2,1-2H3,(H,13,14,16). The lowest BCUT2D eigenvalue weighted by Gasteiger charge is -2.29. The zero-order valence-electron chi connectivity index (χ0n) is 10.1. The third kappa shape index (κ3) is 2.99. The average molecular weight is 251 g/mol. The number of nitriles is 1. The molecule has 1 aliphatic rings. The fraction of sp³-hybridized carbons (Fsp3) is 0.727. The number of aromatic nitrogens is 3. The van der Waals surface area contributed by atoms with E-state index in [1.807, 2.05) is 0 Å². The molecule has 2 rings (SSSR count). The largest absolute Gasteiger partial charge is 0.296 e. The van der Waals surface area contributed by atoms with E-state index in [1.54, 1.807) is 11.8 Å². The first-order valence-electron chi connectivity index (χ1n) is 5.83. The summed E-state index contributed by atoms with van der Waals surface area (Å²) in [6.45, 7) is 4.15. The Hall–Kier alpha value is -1.06. The maximum atomic E-state index is 9.49. The predicted molar refractivity (Wildman–Crippen MR) is 66.4 cm³/mol. The van der Waals surface area contributed by atoms with Crippen molar-refractivity contribution in [3.63, 3.8) is 0 Å². The smallest absolute Gasteiger partial charge is 0.183 e. The Morgan fingerprint density at radius 2 is 2.47 bits per heavy atom. The summed E-state index contributed by atoms with van der Waals surface area (Å²) in [6, 6.07) is 2.79. The van der Waals surface area contributed by atoms with Crippen LogP contribution < -0.4 is 5.32 Å². The summed E-state index contributed by atoms with van der Waals surface area (Å²) in [6.07, 6.45) is 3.78. The molecule has 92 valence electrons. The van der Waals surface area contributed by atoms with E-state index in [0.717, 1.165) is 18.0 Å². The van der Waals surface area contributed by atoms with Crippen LogP contribution in [0.1, 0.15) is 26.7 Å². The van der Waals surface area contributed by atoms with Crippen LogP contribution in [0.2, 0.25) is 0 Å². The summed E-state index contributed by atoms with van der Waals surface area (Å²) in [5.74, 6) is 1.19. The van der Waals surface area contributed by atoms with Crippen molar-refractivity contribution in [2.24, 2.45) is 5.92 Å². The van der Waals surface area contributed by atoms with Crippen molar-refractivity contribution < 1.29 is 0 Å². The van der Waals surface area contributed by atoms with Gasteiger partial charge in [0.05, 0.1) is 6.07 Å².